The summed E-state index contributed by atoms with van der Waals surface area (Å²) >= 11 is 0. The first-order valence-corrected chi connectivity index (χ1v) is 8.47. The largest absolute Gasteiger partial charge is 0.447 e. The van der Waals surface area contributed by atoms with Crippen LogP contribution in [0, 0.1) is 0 Å². The van der Waals surface area contributed by atoms with Crippen molar-refractivity contribution in [3.63, 3.8) is 0 Å². The Bertz CT molecular complexity index is 882. The van der Waals surface area contributed by atoms with E-state index in [9.17, 15) is 4.79 Å². The summed E-state index contributed by atoms with van der Waals surface area (Å²) < 4.78 is 7.37. The molecule has 1 aromatic carbocycles. The lowest BCUT2D eigenvalue weighted by molar-refractivity contribution is 0.0973. The summed E-state index contributed by atoms with van der Waals surface area (Å²) in [4.78, 5) is 19.2. The van der Waals surface area contributed by atoms with Gasteiger partial charge in [-0.3, -0.25) is 9.48 Å². The van der Waals surface area contributed by atoms with E-state index in [-0.39, 0.29) is 17.9 Å². The first kappa shape index (κ1) is 15.6. The minimum Gasteiger partial charge on any atom is -0.447 e. The minimum absolute atomic E-state index is 0.100. The van der Waals surface area contributed by atoms with Crippen molar-refractivity contribution in [2.75, 3.05) is 11.4 Å². The van der Waals surface area contributed by atoms with Crippen molar-refractivity contribution in [2.24, 2.45) is 0 Å². The number of oxazole rings is 1. The van der Waals surface area contributed by atoms with Gasteiger partial charge in [-0.05, 0) is 24.1 Å². The number of aromatic nitrogens is 3. The third-order valence-electron chi connectivity index (χ3n) is 4.60. The summed E-state index contributed by atoms with van der Waals surface area (Å²) in [7, 11) is 0. The van der Waals surface area contributed by atoms with Crippen LogP contribution in [-0.4, -0.2) is 27.2 Å². The normalized spacial score (nSPS) is 16.9. The Morgan fingerprint density at radius 1 is 1.28 bits per heavy atom. The molecular weight excluding hydrogens is 316 g/mol. The number of nitrogens with zero attached hydrogens (tertiary/aromatic N) is 4. The summed E-state index contributed by atoms with van der Waals surface area (Å²) in [5.74, 6) is 0.605. The Kier molecular flexibility index (Phi) is 3.87. The molecule has 0 N–H and O–H groups in total. The second-order valence-corrected chi connectivity index (χ2v) is 6.61. The van der Waals surface area contributed by atoms with E-state index in [4.69, 9.17) is 4.42 Å². The predicted octanol–water partition coefficient (Wildman–Crippen LogP) is 3.44. The third kappa shape index (κ3) is 2.73. The molecule has 4 rings (SSSR count). The van der Waals surface area contributed by atoms with Gasteiger partial charge in [0.1, 0.15) is 5.76 Å². The molecule has 1 aliphatic rings. The van der Waals surface area contributed by atoms with Gasteiger partial charge in [-0.25, -0.2) is 4.98 Å². The van der Waals surface area contributed by atoms with Gasteiger partial charge in [0.25, 0.3) is 5.91 Å². The molecule has 0 unspecified atom stereocenters. The van der Waals surface area contributed by atoms with Gasteiger partial charge < -0.3 is 9.32 Å². The summed E-state index contributed by atoms with van der Waals surface area (Å²) in [6.07, 6.45) is 5.90. The molecular formula is C19H20N4O2. The SMILES string of the molecule is CC(C)c1ocnc1C(=O)N1C[C@@H](n2cccn2)Cc2ccccc21. The van der Waals surface area contributed by atoms with Crippen LogP contribution in [-0.2, 0) is 6.42 Å². The van der Waals surface area contributed by atoms with E-state index < -0.39 is 0 Å². The number of anilines is 1. The first-order chi connectivity index (χ1) is 12.1. The molecule has 3 heterocycles. The molecule has 6 heteroatoms. The van der Waals surface area contributed by atoms with E-state index in [1.165, 1.54) is 6.39 Å². The van der Waals surface area contributed by atoms with Crippen LogP contribution in [0.5, 0.6) is 0 Å². The van der Waals surface area contributed by atoms with Crippen LogP contribution in [0.2, 0.25) is 0 Å². The second kappa shape index (κ2) is 6.20. The molecule has 6 nitrogen and oxygen atoms in total. The molecule has 3 aromatic rings. The number of fused-ring (bicyclic) bond motifs is 1. The highest BCUT2D eigenvalue weighted by Gasteiger charge is 2.32. The zero-order valence-corrected chi connectivity index (χ0v) is 14.3. The predicted molar refractivity (Wildman–Crippen MR) is 93.7 cm³/mol. The van der Waals surface area contributed by atoms with Gasteiger partial charge in [-0.1, -0.05) is 32.0 Å². The highest BCUT2D eigenvalue weighted by atomic mass is 16.3. The fourth-order valence-corrected chi connectivity index (χ4v) is 3.39. The van der Waals surface area contributed by atoms with Gasteiger partial charge in [0, 0.05) is 30.5 Å². The smallest absolute Gasteiger partial charge is 0.280 e. The zero-order valence-electron chi connectivity index (χ0n) is 14.3. The average molecular weight is 336 g/mol. The topological polar surface area (TPSA) is 64.2 Å². The van der Waals surface area contributed by atoms with Crippen LogP contribution in [0.15, 0.2) is 53.5 Å². The maximum Gasteiger partial charge on any atom is 0.280 e. The lowest BCUT2D eigenvalue weighted by Gasteiger charge is -2.34. The fraction of sp³-hybridized carbons (Fsp3) is 0.316. The van der Waals surface area contributed by atoms with Crippen molar-refractivity contribution < 1.29 is 9.21 Å². The van der Waals surface area contributed by atoms with Crippen LogP contribution < -0.4 is 4.90 Å². The fourth-order valence-electron chi connectivity index (χ4n) is 3.39. The first-order valence-electron chi connectivity index (χ1n) is 8.47. The van der Waals surface area contributed by atoms with Gasteiger partial charge in [0.05, 0.1) is 6.04 Å². The Hall–Kier alpha value is -2.89. The quantitative estimate of drug-likeness (QED) is 0.735. The molecule has 0 saturated heterocycles. The Morgan fingerprint density at radius 2 is 2.12 bits per heavy atom. The van der Waals surface area contributed by atoms with Gasteiger partial charge >= 0.3 is 0 Å². The molecule has 1 atom stereocenters. The second-order valence-electron chi connectivity index (χ2n) is 6.61. The third-order valence-corrected chi connectivity index (χ3v) is 4.60. The molecule has 0 bridgehead atoms. The number of rotatable bonds is 3. The highest BCUT2D eigenvalue weighted by Crippen LogP contribution is 2.33. The maximum atomic E-state index is 13.2. The number of benzene rings is 1. The number of carbonyl (C=O) groups excluding carboxylic acids is 1. The molecule has 1 amide bonds. The zero-order chi connectivity index (χ0) is 17.4. The van der Waals surface area contributed by atoms with E-state index in [1.54, 1.807) is 11.1 Å². The summed E-state index contributed by atoms with van der Waals surface area (Å²) in [6, 6.07) is 10.0. The number of para-hydroxylation sites is 1. The van der Waals surface area contributed by atoms with Crippen molar-refractivity contribution in [3.05, 3.63) is 66.1 Å². The van der Waals surface area contributed by atoms with E-state index in [2.05, 4.69) is 16.1 Å². The Morgan fingerprint density at radius 3 is 2.88 bits per heavy atom. The number of carbonyl (C=O) groups is 1. The van der Waals surface area contributed by atoms with Crippen molar-refractivity contribution >= 4 is 11.6 Å². The van der Waals surface area contributed by atoms with Crippen LogP contribution in [0.3, 0.4) is 0 Å². The van der Waals surface area contributed by atoms with Crippen LogP contribution >= 0.6 is 0 Å². The van der Waals surface area contributed by atoms with Crippen LogP contribution in [0.25, 0.3) is 0 Å². The van der Waals surface area contributed by atoms with Gasteiger partial charge in [0.2, 0.25) is 0 Å². The number of amides is 1. The molecule has 25 heavy (non-hydrogen) atoms. The number of hydrogen-bond donors (Lipinski definition) is 0. The summed E-state index contributed by atoms with van der Waals surface area (Å²) in [6.45, 7) is 4.55. The van der Waals surface area contributed by atoms with E-state index in [0.717, 1.165) is 17.7 Å². The Labute approximate surface area is 146 Å². The molecule has 1 aliphatic heterocycles. The number of hydrogen-bond acceptors (Lipinski definition) is 4. The Balaban J connectivity index is 1.74. The van der Waals surface area contributed by atoms with Crippen LogP contribution in [0.4, 0.5) is 5.69 Å². The van der Waals surface area contributed by atoms with Crippen molar-refractivity contribution in [1.29, 1.82) is 0 Å². The molecule has 2 aromatic heterocycles. The maximum absolute atomic E-state index is 13.2. The molecule has 0 saturated carbocycles. The summed E-state index contributed by atoms with van der Waals surface area (Å²) in [5.41, 5.74) is 2.47. The molecule has 0 aliphatic carbocycles. The highest BCUT2D eigenvalue weighted by molar-refractivity contribution is 6.06. The van der Waals surface area contributed by atoms with Gasteiger partial charge in [-0.2, -0.15) is 5.10 Å². The molecule has 128 valence electrons. The van der Waals surface area contributed by atoms with E-state index >= 15 is 0 Å². The van der Waals surface area contributed by atoms with E-state index in [1.807, 2.05) is 49.0 Å². The minimum atomic E-state index is -0.123. The lowest BCUT2D eigenvalue weighted by Crippen LogP contribution is -2.41. The molecule has 0 spiro atoms. The van der Waals surface area contributed by atoms with Crippen molar-refractivity contribution in [1.82, 2.24) is 14.8 Å². The monoisotopic (exact) mass is 336 g/mol. The van der Waals surface area contributed by atoms with E-state index in [0.29, 0.717) is 18.0 Å². The molecule has 0 fully saturated rings. The van der Waals surface area contributed by atoms with Gasteiger partial charge in [-0.15, -0.1) is 0 Å². The van der Waals surface area contributed by atoms with Crippen LogP contribution in [0.1, 0.15) is 47.6 Å². The molecule has 0 radical (unpaired) electrons. The van der Waals surface area contributed by atoms with Crippen molar-refractivity contribution in [2.45, 2.75) is 32.2 Å². The summed E-state index contributed by atoms with van der Waals surface area (Å²) in [5, 5.41) is 4.36. The van der Waals surface area contributed by atoms with Crippen molar-refractivity contribution in [3.8, 4) is 0 Å². The standard InChI is InChI=1S/C19H20N4O2/c1-13(2)18-17(20-12-25-18)19(24)22-11-15(23-9-5-8-21-23)10-14-6-3-4-7-16(14)22/h3-9,12-13,15H,10-11H2,1-2H3/t15-/m0/s1. The average Bonchev–Trinajstić information content (AvgIpc) is 3.31. The van der Waals surface area contributed by atoms with Gasteiger partial charge in [0.15, 0.2) is 12.1 Å². The lowest BCUT2D eigenvalue weighted by atomic mass is 9.97.